The van der Waals surface area contributed by atoms with Crippen LogP contribution in [0.3, 0.4) is 0 Å². The second-order valence-corrected chi connectivity index (χ2v) is 29.5. The molecular formula is C64H81ClN2O28Si. The minimum absolute atomic E-state index is 0.0104. The molecule has 0 aliphatic carbocycles. The van der Waals surface area contributed by atoms with Crippen molar-refractivity contribution in [3.8, 4) is 0 Å². The van der Waals surface area contributed by atoms with Crippen molar-refractivity contribution in [3.63, 3.8) is 0 Å². The summed E-state index contributed by atoms with van der Waals surface area (Å²) in [6.07, 6.45) is -28.9. The highest BCUT2D eigenvalue weighted by Gasteiger charge is 2.64. The molecule has 0 radical (unpaired) electrons. The standard InChI is InChI=1S/C64H81ClN2O28Si/c1-35(68)66-50-45(85-38(4)71)28-64(62(77)84-31-43-22-16-12-17-23-43,94-56(50)53(86-39(5)72)48(91-63(78)79)33-82-37(3)70)95-57-54(87-40(6)73)47(34-83-59(76)44-24-18-13-19-25-44)90-61(58(57)88-41(7)74)93-52-46(32-80-30-42-20-14-11-15-21-42)89-60(81-26-27-96(8,9)10)51(67-36(2)69)55(52)92-49(75)29-65/h11-25,45-48,50-58,60-61H,26-34H2,1-10H3,(H,66,68)(H,67,69)(H,78,79)/t45-,46+,47+,48+,50+,51+,52+,53+,54+,55+,56+,57-,58+,60+,61-,64-/m0/s1. The third kappa shape index (κ3) is 23.3. The number of hydrogen-bond acceptors (Lipinski definition) is 27. The molecule has 0 unspecified atom stereocenters. The molecule has 3 heterocycles. The van der Waals surface area contributed by atoms with Crippen molar-refractivity contribution in [2.24, 2.45) is 0 Å². The van der Waals surface area contributed by atoms with Crippen molar-refractivity contribution in [1.82, 2.24) is 10.6 Å². The van der Waals surface area contributed by atoms with Crippen LogP contribution in [0.25, 0.3) is 0 Å². The number of amides is 2. The molecule has 3 aromatic rings. The smallest absolute Gasteiger partial charge is 0.462 e. The molecule has 96 heavy (non-hydrogen) atoms. The van der Waals surface area contributed by atoms with Crippen LogP contribution in [0.15, 0.2) is 91.0 Å². The topological polar surface area (TPSA) is 380 Å². The molecule has 526 valence electrons. The summed E-state index contributed by atoms with van der Waals surface area (Å²) in [6.45, 7) is 10.1. The Balaban J connectivity index is 1.66. The quantitative estimate of drug-likeness (QED) is 0.0348. The maximum Gasteiger partial charge on any atom is 0.506 e. The van der Waals surface area contributed by atoms with Crippen molar-refractivity contribution in [3.05, 3.63) is 108 Å². The highest BCUT2D eigenvalue weighted by Crippen LogP contribution is 2.43. The lowest BCUT2D eigenvalue weighted by molar-refractivity contribution is -0.384. The lowest BCUT2D eigenvalue weighted by Crippen LogP contribution is -2.72. The first kappa shape index (κ1) is 76.9. The van der Waals surface area contributed by atoms with E-state index in [0.717, 1.165) is 41.5 Å². The normalized spacial score (nSPS) is 26.1. The fourth-order valence-corrected chi connectivity index (χ4v) is 11.4. The summed E-state index contributed by atoms with van der Waals surface area (Å²) in [6, 6.07) is 21.7. The summed E-state index contributed by atoms with van der Waals surface area (Å²) in [4.78, 5) is 149. The molecule has 3 aliphatic heterocycles. The van der Waals surface area contributed by atoms with Gasteiger partial charge in [0.2, 0.25) is 11.8 Å². The van der Waals surface area contributed by atoms with Crippen LogP contribution < -0.4 is 10.6 Å². The molecule has 32 heteroatoms. The summed E-state index contributed by atoms with van der Waals surface area (Å²) in [7, 11) is -1.84. The highest BCUT2D eigenvalue weighted by molar-refractivity contribution is 6.76. The molecule has 30 nitrogen and oxygen atoms in total. The summed E-state index contributed by atoms with van der Waals surface area (Å²) in [5.41, 5.74) is 1.05. The molecule has 3 saturated heterocycles. The number of carbonyl (C=O) groups is 11. The molecule has 0 spiro atoms. The number of hydrogen-bond donors (Lipinski definition) is 3. The van der Waals surface area contributed by atoms with Gasteiger partial charge >= 0.3 is 53.9 Å². The van der Waals surface area contributed by atoms with Gasteiger partial charge < -0.3 is 91.5 Å². The van der Waals surface area contributed by atoms with Gasteiger partial charge in [-0.3, -0.25) is 38.4 Å². The van der Waals surface area contributed by atoms with Gasteiger partial charge in [0.15, 0.2) is 43.1 Å². The van der Waals surface area contributed by atoms with Crippen molar-refractivity contribution < 1.29 is 134 Å². The van der Waals surface area contributed by atoms with Gasteiger partial charge in [0, 0.05) is 63.1 Å². The number of nitrogens with one attached hydrogen (secondary N) is 2. The minimum atomic E-state index is -3.28. The number of esters is 8. The monoisotopic (exact) mass is 1390 g/mol. The zero-order valence-electron chi connectivity index (χ0n) is 54.5. The molecular weight excluding hydrogens is 1310 g/mol. The molecule has 3 fully saturated rings. The molecule has 6 rings (SSSR count). The minimum Gasteiger partial charge on any atom is -0.462 e. The van der Waals surface area contributed by atoms with E-state index in [1.54, 1.807) is 66.7 Å². The number of carboxylic acid groups (broad SMARTS) is 1. The van der Waals surface area contributed by atoms with E-state index < -0.39 is 210 Å². The van der Waals surface area contributed by atoms with Crippen molar-refractivity contribution in [1.29, 1.82) is 0 Å². The Bertz CT molecular complexity index is 3140. The van der Waals surface area contributed by atoms with Crippen molar-refractivity contribution in [2.75, 3.05) is 32.3 Å². The Morgan fingerprint density at radius 1 is 0.604 bits per heavy atom. The molecule has 3 N–H and O–H groups in total. The average molecular weight is 1390 g/mol. The molecule has 3 aromatic carbocycles. The molecule has 16 atom stereocenters. The highest BCUT2D eigenvalue weighted by atomic mass is 35.5. The molecule has 3 aliphatic rings. The zero-order valence-corrected chi connectivity index (χ0v) is 56.3. The maximum atomic E-state index is 15.8. The first-order valence-electron chi connectivity index (χ1n) is 30.5. The van der Waals surface area contributed by atoms with Gasteiger partial charge in [0.25, 0.3) is 5.79 Å². The fraction of sp³-hybridized carbons (Fsp3) is 0.547. The van der Waals surface area contributed by atoms with Crippen LogP contribution in [0.5, 0.6) is 0 Å². The Morgan fingerprint density at radius 3 is 1.72 bits per heavy atom. The maximum absolute atomic E-state index is 15.8. The van der Waals surface area contributed by atoms with E-state index in [-0.39, 0.29) is 18.8 Å². The van der Waals surface area contributed by atoms with Crippen LogP contribution in [0.2, 0.25) is 25.7 Å². The third-order valence-corrected chi connectivity index (χ3v) is 16.5. The number of rotatable bonds is 31. The number of ether oxygens (including phenoxy) is 16. The van der Waals surface area contributed by atoms with Crippen molar-refractivity contribution in [2.45, 2.75) is 191 Å². The van der Waals surface area contributed by atoms with Gasteiger partial charge in [0.1, 0.15) is 68.4 Å². The Hall–Kier alpha value is -8.14. The molecule has 0 aromatic heterocycles. The lowest BCUT2D eigenvalue weighted by atomic mass is 9.87. The van der Waals surface area contributed by atoms with Gasteiger partial charge in [0.05, 0.1) is 31.2 Å². The van der Waals surface area contributed by atoms with Crippen LogP contribution in [-0.4, -0.2) is 209 Å². The largest absolute Gasteiger partial charge is 0.506 e. The van der Waals surface area contributed by atoms with E-state index in [0.29, 0.717) is 17.2 Å². The van der Waals surface area contributed by atoms with Crippen LogP contribution in [0, 0.1) is 0 Å². The predicted octanol–water partition coefficient (Wildman–Crippen LogP) is 4.38. The van der Waals surface area contributed by atoms with E-state index in [9.17, 15) is 53.1 Å². The van der Waals surface area contributed by atoms with E-state index in [4.69, 9.17) is 87.4 Å². The van der Waals surface area contributed by atoms with Crippen LogP contribution in [0.1, 0.15) is 76.4 Å². The Kier molecular flexibility index (Phi) is 29.0. The second-order valence-electron chi connectivity index (χ2n) is 23.7. The summed E-state index contributed by atoms with van der Waals surface area (Å²) in [5.74, 6) is -14.8. The van der Waals surface area contributed by atoms with Gasteiger partial charge in [-0.25, -0.2) is 14.4 Å². The zero-order chi connectivity index (χ0) is 70.4. The number of benzene rings is 3. The van der Waals surface area contributed by atoms with Crippen LogP contribution in [0.4, 0.5) is 4.79 Å². The summed E-state index contributed by atoms with van der Waals surface area (Å²) < 4.78 is 98.6. The third-order valence-electron chi connectivity index (χ3n) is 14.6. The average Bonchev–Trinajstić information content (AvgIpc) is 0.745. The second kappa shape index (κ2) is 36.3. The van der Waals surface area contributed by atoms with E-state index >= 15 is 4.79 Å². The van der Waals surface area contributed by atoms with E-state index in [1.807, 2.05) is 0 Å². The van der Waals surface area contributed by atoms with Gasteiger partial charge in [-0.05, 0) is 29.3 Å². The predicted molar refractivity (Wildman–Crippen MR) is 330 cm³/mol. The summed E-state index contributed by atoms with van der Waals surface area (Å²) >= 11 is 6.14. The summed E-state index contributed by atoms with van der Waals surface area (Å²) in [5, 5.41) is 15.4. The van der Waals surface area contributed by atoms with Gasteiger partial charge in [-0.15, -0.1) is 11.6 Å². The van der Waals surface area contributed by atoms with Gasteiger partial charge in [-0.2, -0.15) is 0 Å². The van der Waals surface area contributed by atoms with E-state index in [2.05, 4.69) is 30.3 Å². The molecule has 2 amide bonds. The molecule has 0 bridgehead atoms. The van der Waals surface area contributed by atoms with Crippen molar-refractivity contribution >= 4 is 85.4 Å². The SMILES string of the molecule is CC(=O)N[C@H]1[C@H](OCC[Si](C)(C)C)O[C@H](COCc2ccccc2)[C@@H](O[C@@H]2O[C@H](COC(=O)c3ccccc3)[C@@H](OC(C)=O)[C@H](O[C@]3(C(=O)OCc4ccccc4)C[C@H](OC(C)=O)[C@@H](NC(C)=O)[C@H]([C@H](OC(C)=O)[C@@H](COC(C)=O)OC(=O)O)O3)[C@H]2OC(C)=O)[C@@H]1OC(=O)CCl. The fourth-order valence-electron chi connectivity index (χ4n) is 10.6. The Morgan fingerprint density at radius 2 is 1.17 bits per heavy atom. The number of halogens is 1. The first-order chi connectivity index (χ1) is 45.5. The number of carbonyl (C=O) groups excluding carboxylic acids is 10. The number of alkyl halides is 1. The molecule has 0 saturated carbocycles. The lowest BCUT2D eigenvalue weighted by Gasteiger charge is -2.52. The first-order valence-corrected chi connectivity index (χ1v) is 34.7. The Labute approximate surface area is 558 Å². The van der Waals surface area contributed by atoms with Crippen LogP contribution >= 0.6 is 11.6 Å². The van der Waals surface area contributed by atoms with Crippen LogP contribution in [-0.2, 0) is 132 Å². The van der Waals surface area contributed by atoms with Gasteiger partial charge in [-0.1, -0.05) is 98.5 Å². The van der Waals surface area contributed by atoms with E-state index in [1.165, 1.54) is 31.2 Å².